The topological polar surface area (TPSA) is 237 Å². The number of carbonyl (C=O) groups is 4. The lowest BCUT2D eigenvalue weighted by molar-refractivity contribution is -0.161. The number of esters is 4. The van der Waals surface area contributed by atoms with Gasteiger partial charge in [0, 0.05) is 25.7 Å². The van der Waals surface area contributed by atoms with E-state index in [1.54, 1.807) is 0 Å². The number of aliphatic hydroxyl groups excluding tert-OH is 1. The summed E-state index contributed by atoms with van der Waals surface area (Å²) in [5.41, 5.74) is 0. The Morgan fingerprint density at radius 1 is 0.265 bits per heavy atom. The van der Waals surface area contributed by atoms with Crippen molar-refractivity contribution in [2.45, 2.75) is 464 Å². The molecule has 17 nitrogen and oxygen atoms in total. The van der Waals surface area contributed by atoms with Gasteiger partial charge in [0.05, 0.1) is 26.4 Å². The number of phosphoric acid groups is 2. The minimum atomic E-state index is -4.96. The van der Waals surface area contributed by atoms with Crippen molar-refractivity contribution < 1.29 is 80.2 Å². The zero-order chi connectivity index (χ0) is 74.8. The van der Waals surface area contributed by atoms with Crippen molar-refractivity contribution in [1.29, 1.82) is 0 Å². The summed E-state index contributed by atoms with van der Waals surface area (Å²) in [4.78, 5) is 73.1. The van der Waals surface area contributed by atoms with E-state index in [4.69, 9.17) is 37.0 Å². The van der Waals surface area contributed by atoms with Crippen molar-refractivity contribution in [3.05, 3.63) is 0 Å². The van der Waals surface area contributed by atoms with Crippen LogP contribution >= 0.6 is 15.6 Å². The maximum atomic E-state index is 13.1. The number of hydrogen-bond acceptors (Lipinski definition) is 15. The summed E-state index contributed by atoms with van der Waals surface area (Å²) in [6.07, 6.45) is 68.0. The van der Waals surface area contributed by atoms with Crippen molar-refractivity contribution in [3.8, 4) is 0 Å². The molecule has 0 bridgehead atoms. The molecule has 0 radical (unpaired) electrons. The van der Waals surface area contributed by atoms with Gasteiger partial charge in [-0.1, -0.05) is 394 Å². The highest BCUT2D eigenvalue weighted by Gasteiger charge is 2.30. The van der Waals surface area contributed by atoms with Gasteiger partial charge >= 0.3 is 39.5 Å². The molecule has 0 aliphatic rings. The first-order chi connectivity index (χ1) is 49.5. The van der Waals surface area contributed by atoms with Crippen LogP contribution in [0.2, 0.25) is 0 Å². The molecule has 0 aromatic rings. The zero-order valence-electron chi connectivity index (χ0n) is 66.8. The van der Waals surface area contributed by atoms with Gasteiger partial charge < -0.3 is 33.8 Å². The normalized spacial score (nSPS) is 13.8. The van der Waals surface area contributed by atoms with Gasteiger partial charge in [0.1, 0.15) is 19.3 Å². The summed E-state index contributed by atoms with van der Waals surface area (Å²) in [5.74, 6) is -1.36. The molecule has 0 amide bonds. The summed E-state index contributed by atoms with van der Waals surface area (Å²) < 4.78 is 68.8. The summed E-state index contributed by atoms with van der Waals surface area (Å²) in [6, 6.07) is 0. The second-order valence-electron chi connectivity index (χ2n) is 30.3. The second kappa shape index (κ2) is 75.9. The number of carbonyl (C=O) groups excluding carboxylic acids is 4. The van der Waals surface area contributed by atoms with Crippen molar-refractivity contribution in [3.63, 3.8) is 0 Å². The summed E-state index contributed by atoms with van der Waals surface area (Å²) >= 11 is 0. The lowest BCUT2D eigenvalue weighted by atomic mass is 10.0. The molecule has 0 spiro atoms. The highest BCUT2D eigenvalue weighted by molar-refractivity contribution is 7.47. The largest absolute Gasteiger partial charge is 0.472 e. The Morgan fingerprint density at radius 3 is 0.667 bits per heavy atom. The monoisotopic (exact) mass is 1490 g/mol. The van der Waals surface area contributed by atoms with Crippen LogP contribution in [-0.2, 0) is 65.4 Å². The fourth-order valence-electron chi connectivity index (χ4n) is 12.9. The molecule has 0 rings (SSSR count). The highest BCUT2D eigenvalue weighted by Crippen LogP contribution is 2.45. The number of hydrogen-bond donors (Lipinski definition) is 3. The second-order valence-corrected chi connectivity index (χ2v) is 33.3. The smallest absolute Gasteiger partial charge is 0.462 e. The lowest BCUT2D eigenvalue weighted by Crippen LogP contribution is -2.30. The van der Waals surface area contributed by atoms with Gasteiger partial charge in [-0.05, 0) is 31.6 Å². The SMILES string of the molecule is CCCCCCCCCCCCCCCCCCCCCCCC(=O)O[C@H](COC(=O)CCCCCCCCCCCCCCCCC)COP(=O)(O)OC[C@@H](O)COP(=O)(O)OC[C@@H](COC(=O)CCCCCCCCCCCC(C)C)OC(=O)CCCCCCCCCCCCCCCC. The Hall–Kier alpha value is -1.94. The van der Waals surface area contributed by atoms with Crippen molar-refractivity contribution >= 4 is 39.5 Å². The van der Waals surface area contributed by atoms with Crippen LogP contribution in [0.5, 0.6) is 0 Å². The zero-order valence-corrected chi connectivity index (χ0v) is 68.5. The van der Waals surface area contributed by atoms with Crippen LogP contribution in [0.15, 0.2) is 0 Å². The van der Waals surface area contributed by atoms with Crippen molar-refractivity contribution in [2.24, 2.45) is 5.92 Å². The molecule has 606 valence electrons. The first-order valence-corrected chi connectivity index (χ1v) is 46.1. The van der Waals surface area contributed by atoms with Crippen LogP contribution in [-0.4, -0.2) is 96.7 Å². The predicted molar refractivity (Wildman–Crippen MR) is 418 cm³/mol. The van der Waals surface area contributed by atoms with E-state index < -0.39 is 97.5 Å². The molecule has 19 heteroatoms. The molecule has 102 heavy (non-hydrogen) atoms. The van der Waals surface area contributed by atoms with Gasteiger partial charge in [-0.15, -0.1) is 0 Å². The van der Waals surface area contributed by atoms with E-state index >= 15 is 0 Å². The average Bonchev–Trinajstić information content (AvgIpc) is 0.924. The highest BCUT2D eigenvalue weighted by atomic mass is 31.2. The van der Waals surface area contributed by atoms with Crippen molar-refractivity contribution in [2.75, 3.05) is 39.6 Å². The molecule has 3 N–H and O–H groups in total. The predicted octanol–water partition coefficient (Wildman–Crippen LogP) is 25.2. The minimum Gasteiger partial charge on any atom is -0.462 e. The quantitative estimate of drug-likeness (QED) is 0.0222. The van der Waals surface area contributed by atoms with Gasteiger partial charge in [0.2, 0.25) is 0 Å². The first-order valence-electron chi connectivity index (χ1n) is 43.1. The molecule has 0 aromatic carbocycles. The standard InChI is InChI=1S/C83H162O17P2/c1-6-9-12-15-18-21-24-27-30-31-32-33-34-35-37-40-43-48-54-59-64-69-83(88)99-78(72-93-80(85)66-61-56-51-46-41-39-36-28-25-22-19-16-13-10-7-2)74-97-101(89,90)95-70-77(84)71-96-102(91,92)98-75-79(73-94-81(86)67-62-57-52-49-44-45-50-55-60-65-76(4)5)100-82(87)68-63-58-53-47-42-38-29-26-23-20-17-14-11-8-3/h76-79,84H,6-75H2,1-5H3,(H,89,90)(H,91,92)/t77-,78-,79-/m1/s1. The van der Waals surface area contributed by atoms with Crippen LogP contribution in [0.1, 0.15) is 446 Å². The van der Waals surface area contributed by atoms with E-state index in [0.717, 1.165) is 95.8 Å². The molecule has 0 saturated carbocycles. The Balaban J connectivity index is 5.23. The summed E-state index contributed by atoms with van der Waals surface area (Å²) in [6.45, 7) is 7.33. The van der Waals surface area contributed by atoms with Gasteiger partial charge in [0.25, 0.3) is 0 Å². The van der Waals surface area contributed by atoms with E-state index in [1.165, 1.54) is 270 Å². The molecule has 0 fully saturated rings. The molecule has 0 aliphatic heterocycles. The molecule has 2 unspecified atom stereocenters. The van der Waals surface area contributed by atoms with E-state index in [-0.39, 0.29) is 25.7 Å². The number of aliphatic hydroxyl groups is 1. The fraction of sp³-hybridized carbons (Fsp3) is 0.952. The Bertz CT molecular complexity index is 1940. The number of ether oxygens (including phenoxy) is 4. The summed E-state index contributed by atoms with van der Waals surface area (Å²) in [7, 11) is -9.92. The van der Waals surface area contributed by atoms with Crippen molar-refractivity contribution in [1.82, 2.24) is 0 Å². The number of phosphoric ester groups is 2. The van der Waals surface area contributed by atoms with E-state index in [0.29, 0.717) is 25.7 Å². The molecular formula is C83H162O17P2. The maximum absolute atomic E-state index is 13.1. The Kier molecular flexibility index (Phi) is 74.4. The first kappa shape index (κ1) is 100. The third-order valence-electron chi connectivity index (χ3n) is 19.5. The van der Waals surface area contributed by atoms with Crippen LogP contribution in [0.4, 0.5) is 0 Å². The van der Waals surface area contributed by atoms with E-state index in [2.05, 4.69) is 34.6 Å². The van der Waals surface area contributed by atoms with Gasteiger partial charge in [0.15, 0.2) is 12.2 Å². The number of unbranched alkanes of at least 4 members (excludes halogenated alkanes) is 55. The van der Waals surface area contributed by atoms with Crippen LogP contribution in [0.3, 0.4) is 0 Å². The van der Waals surface area contributed by atoms with E-state index in [1.807, 2.05) is 0 Å². The molecule has 5 atom stereocenters. The molecule has 0 saturated heterocycles. The van der Waals surface area contributed by atoms with Crippen LogP contribution in [0, 0.1) is 5.92 Å². The Morgan fingerprint density at radius 2 is 0.451 bits per heavy atom. The summed E-state index contributed by atoms with van der Waals surface area (Å²) in [5, 5.41) is 10.7. The van der Waals surface area contributed by atoms with Gasteiger partial charge in [-0.3, -0.25) is 37.3 Å². The minimum absolute atomic E-state index is 0.108. The van der Waals surface area contributed by atoms with Gasteiger partial charge in [-0.2, -0.15) is 0 Å². The molecule has 0 heterocycles. The Labute approximate surface area is 626 Å². The molecular weight excluding hydrogens is 1330 g/mol. The van der Waals surface area contributed by atoms with E-state index in [9.17, 15) is 43.2 Å². The fourth-order valence-corrected chi connectivity index (χ4v) is 14.5. The maximum Gasteiger partial charge on any atom is 0.472 e. The molecule has 0 aromatic heterocycles. The third-order valence-corrected chi connectivity index (χ3v) is 21.4. The number of rotatable bonds is 83. The molecule has 0 aliphatic carbocycles. The average molecular weight is 1490 g/mol. The third kappa shape index (κ3) is 76.3. The van der Waals surface area contributed by atoms with Gasteiger partial charge in [-0.25, -0.2) is 9.13 Å². The lowest BCUT2D eigenvalue weighted by Gasteiger charge is -2.21. The van der Waals surface area contributed by atoms with Crippen LogP contribution in [0.25, 0.3) is 0 Å². The van der Waals surface area contributed by atoms with Crippen LogP contribution < -0.4 is 0 Å².